The van der Waals surface area contributed by atoms with Gasteiger partial charge in [0.1, 0.15) is 0 Å². The van der Waals surface area contributed by atoms with Crippen molar-refractivity contribution in [2.45, 2.75) is 32.6 Å². The molecule has 0 spiro atoms. The van der Waals surface area contributed by atoms with Gasteiger partial charge >= 0.3 is 5.97 Å². The Bertz CT molecular complexity index is 436. The van der Waals surface area contributed by atoms with E-state index in [1.807, 2.05) is 6.92 Å². The first-order valence-electron chi connectivity index (χ1n) is 6.83. The average Bonchev–Trinajstić information content (AvgIpc) is 2.90. The van der Waals surface area contributed by atoms with Crippen molar-refractivity contribution in [1.29, 1.82) is 0 Å². The lowest BCUT2D eigenvalue weighted by Gasteiger charge is -2.15. The van der Waals surface area contributed by atoms with Crippen LogP contribution < -0.4 is 9.47 Å². The van der Waals surface area contributed by atoms with Gasteiger partial charge < -0.3 is 14.6 Å². The zero-order chi connectivity index (χ0) is 13.7. The monoisotopic (exact) mass is 264 g/mol. The Hall–Kier alpha value is -1.71. The summed E-state index contributed by atoms with van der Waals surface area (Å²) in [7, 11) is 0. The SMILES string of the molecule is CCOc1cc(C(=O)O)ccc1OCC1CCCC1. The fourth-order valence-electron chi connectivity index (χ4n) is 2.41. The Labute approximate surface area is 113 Å². The Morgan fingerprint density at radius 2 is 2.00 bits per heavy atom. The van der Waals surface area contributed by atoms with E-state index in [-0.39, 0.29) is 5.56 Å². The van der Waals surface area contributed by atoms with Gasteiger partial charge in [0.2, 0.25) is 0 Å². The third-order valence-corrected chi connectivity index (χ3v) is 3.44. The highest BCUT2D eigenvalue weighted by Gasteiger charge is 2.17. The minimum atomic E-state index is -0.955. The van der Waals surface area contributed by atoms with Crippen LogP contribution in [0.3, 0.4) is 0 Å². The highest BCUT2D eigenvalue weighted by atomic mass is 16.5. The van der Waals surface area contributed by atoms with Crippen LogP contribution in [0.5, 0.6) is 11.5 Å². The largest absolute Gasteiger partial charge is 0.490 e. The summed E-state index contributed by atoms with van der Waals surface area (Å²) in [6.07, 6.45) is 5.00. The van der Waals surface area contributed by atoms with E-state index in [0.717, 1.165) is 0 Å². The van der Waals surface area contributed by atoms with E-state index in [2.05, 4.69) is 0 Å². The molecular weight excluding hydrogens is 244 g/mol. The van der Waals surface area contributed by atoms with Crippen LogP contribution in [0.4, 0.5) is 0 Å². The first-order valence-corrected chi connectivity index (χ1v) is 6.83. The van der Waals surface area contributed by atoms with E-state index in [4.69, 9.17) is 14.6 Å². The number of rotatable bonds is 6. The van der Waals surface area contributed by atoms with Crippen molar-refractivity contribution in [2.24, 2.45) is 5.92 Å². The molecule has 1 aliphatic rings. The quantitative estimate of drug-likeness (QED) is 0.856. The minimum absolute atomic E-state index is 0.219. The van der Waals surface area contributed by atoms with E-state index < -0.39 is 5.97 Å². The Morgan fingerprint density at radius 1 is 1.26 bits per heavy atom. The molecule has 4 nitrogen and oxygen atoms in total. The lowest BCUT2D eigenvalue weighted by molar-refractivity contribution is 0.0696. The summed E-state index contributed by atoms with van der Waals surface area (Å²) in [5.74, 6) is 0.816. The van der Waals surface area contributed by atoms with Crippen LogP contribution >= 0.6 is 0 Å². The second kappa shape index (κ2) is 6.45. The predicted molar refractivity (Wildman–Crippen MR) is 72.0 cm³/mol. The van der Waals surface area contributed by atoms with E-state index in [1.165, 1.54) is 31.7 Å². The molecule has 19 heavy (non-hydrogen) atoms. The first-order chi connectivity index (χ1) is 9.20. The average molecular weight is 264 g/mol. The topological polar surface area (TPSA) is 55.8 Å². The molecule has 104 valence electrons. The van der Waals surface area contributed by atoms with Crippen molar-refractivity contribution >= 4 is 5.97 Å². The van der Waals surface area contributed by atoms with Gasteiger partial charge in [0, 0.05) is 0 Å². The lowest BCUT2D eigenvalue weighted by Crippen LogP contribution is -2.09. The van der Waals surface area contributed by atoms with E-state index >= 15 is 0 Å². The highest BCUT2D eigenvalue weighted by molar-refractivity contribution is 5.88. The molecule has 0 saturated heterocycles. The maximum Gasteiger partial charge on any atom is 0.335 e. The molecule has 1 N–H and O–H groups in total. The fraction of sp³-hybridized carbons (Fsp3) is 0.533. The van der Waals surface area contributed by atoms with Gasteiger partial charge in [-0.3, -0.25) is 0 Å². The standard InChI is InChI=1S/C15H20O4/c1-2-18-14-9-12(15(16)17)7-8-13(14)19-10-11-5-3-4-6-11/h7-9,11H,2-6,10H2,1H3,(H,16,17). The highest BCUT2D eigenvalue weighted by Crippen LogP contribution is 2.31. The Kier molecular flexibility index (Phi) is 4.66. The van der Waals surface area contributed by atoms with Gasteiger partial charge in [0.05, 0.1) is 18.8 Å². The van der Waals surface area contributed by atoms with E-state index in [0.29, 0.717) is 30.6 Å². The van der Waals surface area contributed by atoms with Crippen molar-refractivity contribution < 1.29 is 19.4 Å². The molecule has 2 rings (SSSR count). The van der Waals surface area contributed by atoms with Crippen molar-refractivity contribution in [3.05, 3.63) is 23.8 Å². The van der Waals surface area contributed by atoms with Crippen LogP contribution in [0.1, 0.15) is 43.0 Å². The van der Waals surface area contributed by atoms with E-state index in [1.54, 1.807) is 12.1 Å². The lowest BCUT2D eigenvalue weighted by atomic mass is 10.1. The summed E-state index contributed by atoms with van der Waals surface area (Å²) in [6, 6.07) is 4.76. The number of hydrogen-bond acceptors (Lipinski definition) is 3. The molecular formula is C15H20O4. The summed E-state index contributed by atoms with van der Waals surface area (Å²) >= 11 is 0. The van der Waals surface area contributed by atoms with Gasteiger partial charge in [-0.1, -0.05) is 12.8 Å². The van der Waals surface area contributed by atoms with Crippen LogP contribution in [-0.2, 0) is 0 Å². The molecule has 0 bridgehead atoms. The zero-order valence-electron chi connectivity index (χ0n) is 11.2. The van der Waals surface area contributed by atoms with E-state index in [9.17, 15) is 4.79 Å². The molecule has 0 atom stereocenters. The number of carboxylic acid groups (broad SMARTS) is 1. The van der Waals surface area contributed by atoms with Crippen molar-refractivity contribution in [2.75, 3.05) is 13.2 Å². The zero-order valence-corrected chi connectivity index (χ0v) is 11.2. The summed E-state index contributed by atoms with van der Waals surface area (Å²) in [4.78, 5) is 10.9. The van der Waals surface area contributed by atoms with Crippen LogP contribution in [0, 0.1) is 5.92 Å². The molecule has 1 aliphatic carbocycles. The van der Waals surface area contributed by atoms with Gasteiger partial charge in [-0.25, -0.2) is 4.79 Å². The molecule has 1 fully saturated rings. The molecule has 4 heteroatoms. The van der Waals surface area contributed by atoms with Crippen LogP contribution in [0.2, 0.25) is 0 Å². The van der Waals surface area contributed by atoms with Gasteiger partial charge in [-0.05, 0) is 43.9 Å². The number of carbonyl (C=O) groups is 1. The predicted octanol–water partition coefficient (Wildman–Crippen LogP) is 3.35. The maximum atomic E-state index is 10.9. The Balaban J connectivity index is 2.06. The number of ether oxygens (including phenoxy) is 2. The van der Waals surface area contributed by atoms with Crippen LogP contribution in [0.25, 0.3) is 0 Å². The van der Waals surface area contributed by atoms with Gasteiger partial charge in [-0.2, -0.15) is 0 Å². The summed E-state index contributed by atoms with van der Waals surface area (Å²) in [5.41, 5.74) is 0.219. The molecule has 1 aromatic rings. The number of carboxylic acids is 1. The second-order valence-corrected chi connectivity index (χ2v) is 4.86. The third-order valence-electron chi connectivity index (χ3n) is 3.44. The number of benzene rings is 1. The van der Waals surface area contributed by atoms with Crippen LogP contribution in [-0.4, -0.2) is 24.3 Å². The molecule has 1 aromatic carbocycles. The minimum Gasteiger partial charge on any atom is -0.490 e. The number of aromatic carboxylic acids is 1. The van der Waals surface area contributed by atoms with Crippen molar-refractivity contribution in [3.8, 4) is 11.5 Å². The van der Waals surface area contributed by atoms with Crippen molar-refractivity contribution in [1.82, 2.24) is 0 Å². The maximum absolute atomic E-state index is 10.9. The molecule has 0 aliphatic heterocycles. The molecule has 0 aromatic heterocycles. The van der Waals surface area contributed by atoms with Crippen LogP contribution in [0.15, 0.2) is 18.2 Å². The normalized spacial score (nSPS) is 15.4. The first kappa shape index (κ1) is 13.7. The molecule has 1 saturated carbocycles. The van der Waals surface area contributed by atoms with Crippen molar-refractivity contribution in [3.63, 3.8) is 0 Å². The second-order valence-electron chi connectivity index (χ2n) is 4.86. The number of hydrogen-bond donors (Lipinski definition) is 1. The summed E-state index contributed by atoms with van der Waals surface area (Å²) < 4.78 is 11.2. The molecule has 0 heterocycles. The Morgan fingerprint density at radius 3 is 2.63 bits per heavy atom. The van der Waals surface area contributed by atoms with Gasteiger partial charge in [0.15, 0.2) is 11.5 Å². The fourth-order valence-corrected chi connectivity index (χ4v) is 2.41. The molecule has 0 amide bonds. The molecule has 0 radical (unpaired) electrons. The summed E-state index contributed by atoms with van der Waals surface area (Å²) in [6.45, 7) is 3.05. The summed E-state index contributed by atoms with van der Waals surface area (Å²) in [5, 5.41) is 8.97. The smallest absolute Gasteiger partial charge is 0.335 e. The molecule has 0 unspecified atom stereocenters. The van der Waals surface area contributed by atoms with Gasteiger partial charge in [0.25, 0.3) is 0 Å². The van der Waals surface area contributed by atoms with Gasteiger partial charge in [-0.15, -0.1) is 0 Å². The third kappa shape index (κ3) is 3.63.